The van der Waals surface area contributed by atoms with E-state index in [1.165, 1.54) is 0 Å². The van der Waals surface area contributed by atoms with E-state index in [0.29, 0.717) is 24.4 Å². The number of hydrazine groups is 1. The van der Waals surface area contributed by atoms with Crippen molar-refractivity contribution in [3.63, 3.8) is 0 Å². The summed E-state index contributed by atoms with van der Waals surface area (Å²) in [6, 6.07) is 17.0. The topological polar surface area (TPSA) is 111 Å². The summed E-state index contributed by atoms with van der Waals surface area (Å²) < 4.78 is 1.84. The lowest BCUT2D eigenvalue weighted by Gasteiger charge is -2.32. The highest BCUT2D eigenvalue weighted by molar-refractivity contribution is 6.04. The van der Waals surface area contributed by atoms with Crippen molar-refractivity contribution in [2.45, 2.75) is 12.8 Å². The number of nitrogens with zero attached hydrogens (tertiary/aromatic N) is 5. The molecule has 1 fully saturated rings. The Morgan fingerprint density at radius 1 is 1.00 bits per heavy atom. The molecule has 190 valence electrons. The zero-order chi connectivity index (χ0) is 25.6. The molecule has 3 N–H and O–H groups in total. The van der Waals surface area contributed by atoms with Gasteiger partial charge in [0.05, 0.1) is 11.9 Å². The maximum Gasteiger partial charge on any atom is 0.258 e. The van der Waals surface area contributed by atoms with E-state index in [2.05, 4.69) is 37.9 Å². The number of aromatic nitrogens is 4. The second-order valence-corrected chi connectivity index (χ2v) is 9.11. The van der Waals surface area contributed by atoms with Crippen LogP contribution < -0.4 is 10.7 Å². The zero-order valence-corrected chi connectivity index (χ0v) is 20.7. The first kappa shape index (κ1) is 24.4. The van der Waals surface area contributed by atoms with Gasteiger partial charge in [-0.1, -0.05) is 30.3 Å². The zero-order valence-electron chi connectivity index (χ0n) is 20.7. The van der Waals surface area contributed by atoms with Gasteiger partial charge in [-0.25, -0.2) is 9.99 Å². The third kappa shape index (κ3) is 6.11. The van der Waals surface area contributed by atoms with Gasteiger partial charge in [0.2, 0.25) is 11.9 Å². The normalized spacial score (nSPS) is 14.4. The highest BCUT2D eigenvalue weighted by Crippen LogP contribution is 2.21. The highest BCUT2D eigenvalue weighted by Gasteiger charge is 2.18. The smallest absolute Gasteiger partial charge is 0.258 e. The van der Waals surface area contributed by atoms with Gasteiger partial charge >= 0.3 is 0 Å². The van der Waals surface area contributed by atoms with Gasteiger partial charge < -0.3 is 4.90 Å². The van der Waals surface area contributed by atoms with Crippen molar-refractivity contribution in [2.24, 2.45) is 0 Å². The molecule has 1 aliphatic heterocycles. The lowest BCUT2D eigenvalue weighted by Crippen LogP contribution is -2.52. The fraction of sp³-hybridized carbons (Fsp3) is 0.259. The van der Waals surface area contributed by atoms with Gasteiger partial charge in [-0.2, -0.15) is 5.10 Å². The van der Waals surface area contributed by atoms with Crippen molar-refractivity contribution in [1.29, 1.82) is 0 Å². The first-order chi connectivity index (χ1) is 18.0. The van der Waals surface area contributed by atoms with E-state index in [1.807, 2.05) is 64.3 Å². The van der Waals surface area contributed by atoms with Crippen LogP contribution in [0.4, 0.5) is 5.95 Å². The average Bonchev–Trinajstić information content (AvgIpc) is 3.60. The molecule has 2 aromatic carbocycles. The number of nitrogens with one attached hydrogen (secondary N) is 3. The lowest BCUT2D eigenvalue weighted by atomic mass is 10.1. The minimum Gasteiger partial charge on any atom is -0.304 e. The van der Waals surface area contributed by atoms with Crippen molar-refractivity contribution in [3.05, 3.63) is 84.4 Å². The number of carbonyl (C=O) groups is 2. The second kappa shape index (κ2) is 11.2. The largest absolute Gasteiger partial charge is 0.304 e. The number of hydrogen-bond acceptors (Lipinski definition) is 6. The number of imidazole rings is 1. The summed E-state index contributed by atoms with van der Waals surface area (Å²) >= 11 is 0. The van der Waals surface area contributed by atoms with Gasteiger partial charge in [0.15, 0.2) is 0 Å². The van der Waals surface area contributed by atoms with Crippen molar-refractivity contribution >= 4 is 17.8 Å². The number of hydrogen-bond donors (Lipinski definition) is 3. The highest BCUT2D eigenvalue weighted by atomic mass is 16.2. The van der Waals surface area contributed by atoms with Crippen LogP contribution in [0.2, 0.25) is 0 Å². The number of aromatic amines is 1. The van der Waals surface area contributed by atoms with Crippen LogP contribution in [-0.4, -0.2) is 74.7 Å². The first-order valence-electron chi connectivity index (χ1n) is 12.3. The molecule has 0 bridgehead atoms. The van der Waals surface area contributed by atoms with Gasteiger partial charge in [0.1, 0.15) is 0 Å². The molecule has 37 heavy (non-hydrogen) atoms. The summed E-state index contributed by atoms with van der Waals surface area (Å²) in [7, 11) is 2.08. The molecular formula is C27H30N8O2. The minimum absolute atomic E-state index is 0.0412. The quantitative estimate of drug-likeness (QED) is 0.345. The third-order valence-electron chi connectivity index (χ3n) is 6.37. The number of piperazine rings is 1. The van der Waals surface area contributed by atoms with E-state index in [0.717, 1.165) is 48.7 Å². The van der Waals surface area contributed by atoms with Gasteiger partial charge in [0.25, 0.3) is 5.91 Å². The van der Waals surface area contributed by atoms with Crippen LogP contribution in [0.1, 0.15) is 22.5 Å². The van der Waals surface area contributed by atoms with Crippen molar-refractivity contribution in [3.8, 4) is 16.8 Å². The minimum atomic E-state index is -0.271. The molecule has 0 unspecified atom stereocenters. The van der Waals surface area contributed by atoms with Crippen LogP contribution >= 0.6 is 0 Å². The van der Waals surface area contributed by atoms with Gasteiger partial charge in [-0.3, -0.25) is 30.0 Å². The number of likely N-dealkylation sites (N-methyl/N-ethyl adjacent to an activating group) is 1. The second-order valence-electron chi connectivity index (χ2n) is 9.11. The Morgan fingerprint density at radius 2 is 1.81 bits per heavy atom. The molecule has 0 spiro atoms. The van der Waals surface area contributed by atoms with Gasteiger partial charge in [-0.15, -0.1) is 0 Å². The summed E-state index contributed by atoms with van der Waals surface area (Å²) in [5.41, 5.74) is 6.88. The van der Waals surface area contributed by atoms with Crippen LogP contribution in [-0.2, 0) is 11.2 Å². The Kier molecular flexibility index (Phi) is 7.38. The predicted octanol–water partition coefficient (Wildman–Crippen LogP) is 2.73. The van der Waals surface area contributed by atoms with E-state index < -0.39 is 0 Å². The summed E-state index contributed by atoms with van der Waals surface area (Å²) in [6.07, 6.45) is 6.13. The molecule has 0 radical (unpaired) electrons. The maximum atomic E-state index is 13.2. The molecule has 5 rings (SSSR count). The van der Waals surface area contributed by atoms with E-state index in [1.54, 1.807) is 18.5 Å². The van der Waals surface area contributed by atoms with Crippen LogP contribution in [0.15, 0.2) is 73.2 Å². The number of aryl methyl sites for hydroxylation is 1. The first-order valence-corrected chi connectivity index (χ1v) is 12.3. The molecule has 10 nitrogen and oxygen atoms in total. The van der Waals surface area contributed by atoms with Crippen LogP contribution in [0, 0.1) is 0 Å². The van der Waals surface area contributed by atoms with Crippen molar-refractivity contribution in [2.75, 3.05) is 38.5 Å². The fourth-order valence-electron chi connectivity index (χ4n) is 4.24. The molecule has 2 amide bonds. The summed E-state index contributed by atoms with van der Waals surface area (Å²) in [5, 5.41) is 11.7. The molecule has 10 heteroatoms. The number of amides is 2. The maximum absolute atomic E-state index is 13.2. The van der Waals surface area contributed by atoms with Crippen LogP contribution in [0.5, 0.6) is 0 Å². The number of H-pyrrole nitrogens is 1. The van der Waals surface area contributed by atoms with E-state index in [-0.39, 0.29) is 11.8 Å². The predicted molar refractivity (Wildman–Crippen MR) is 141 cm³/mol. The average molecular weight is 499 g/mol. The molecule has 1 aliphatic rings. The summed E-state index contributed by atoms with van der Waals surface area (Å²) in [4.78, 5) is 32.6. The molecule has 0 atom stereocenters. The standard InChI is InChI=1S/C27H30N8O2/c1-33-12-14-34(15-13-33)32-25(36)11-10-23-19-35(24-8-3-2-4-9-24)27(30-23)31-26(37)21-7-5-6-20(16-21)22-17-28-29-18-22/h2-9,16-19H,10-15H2,1H3,(H,28,29)(H,32,36)(H,30,31,37). The molecule has 2 aromatic heterocycles. The van der Waals surface area contributed by atoms with Crippen LogP contribution in [0.25, 0.3) is 16.8 Å². The monoisotopic (exact) mass is 498 g/mol. The molecule has 3 heterocycles. The molecule has 0 saturated carbocycles. The van der Waals surface area contributed by atoms with Crippen molar-refractivity contribution in [1.82, 2.24) is 35.1 Å². The molecule has 4 aromatic rings. The van der Waals surface area contributed by atoms with Crippen molar-refractivity contribution < 1.29 is 9.59 Å². The van der Waals surface area contributed by atoms with E-state index in [9.17, 15) is 9.59 Å². The van der Waals surface area contributed by atoms with Gasteiger partial charge in [0, 0.05) is 68.2 Å². The fourth-order valence-corrected chi connectivity index (χ4v) is 4.24. The Balaban J connectivity index is 1.30. The number of anilines is 1. The Morgan fingerprint density at radius 3 is 2.57 bits per heavy atom. The van der Waals surface area contributed by atoms with Crippen LogP contribution in [0.3, 0.4) is 0 Å². The SMILES string of the molecule is CN1CCN(NC(=O)CCc2cn(-c3ccccc3)c(NC(=O)c3cccc(-c4cn[nH]c4)c3)n2)CC1. The van der Waals surface area contributed by atoms with E-state index in [4.69, 9.17) is 0 Å². The lowest BCUT2D eigenvalue weighted by molar-refractivity contribution is -0.126. The molecule has 0 aliphatic carbocycles. The number of para-hydroxylation sites is 1. The Bertz CT molecular complexity index is 1340. The summed E-state index contributed by atoms with van der Waals surface area (Å²) in [5.74, 6) is 0.0901. The van der Waals surface area contributed by atoms with Gasteiger partial charge in [-0.05, 0) is 36.9 Å². The van der Waals surface area contributed by atoms with E-state index >= 15 is 0 Å². The molecule has 1 saturated heterocycles. The number of benzene rings is 2. The molecular weight excluding hydrogens is 468 g/mol. The number of carbonyl (C=O) groups excluding carboxylic acids is 2. The number of rotatable bonds is 8. The Labute approximate surface area is 215 Å². The Hall–Kier alpha value is -4.28. The third-order valence-corrected chi connectivity index (χ3v) is 6.37. The summed E-state index contributed by atoms with van der Waals surface area (Å²) in [6.45, 7) is 3.47.